The quantitative estimate of drug-likeness (QED) is 0.156. The van der Waals surface area contributed by atoms with Crippen LogP contribution in [0.2, 0.25) is 0 Å². The highest BCUT2D eigenvalue weighted by Crippen LogP contribution is 2.50. The summed E-state index contributed by atoms with van der Waals surface area (Å²) in [6, 6.07) is 12.7. The number of carbonyl (C=O) groups excluding carboxylic acids is 2. The zero-order valence-corrected chi connectivity index (χ0v) is 28.1. The topological polar surface area (TPSA) is 145 Å². The summed E-state index contributed by atoms with van der Waals surface area (Å²) in [5, 5.41) is 17.7. The summed E-state index contributed by atoms with van der Waals surface area (Å²) in [6.45, 7) is 2.64. The largest absolute Gasteiger partial charge is 0.493 e. The van der Waals surface area contributed by atoms with Crippen molar-refractivity contribution >= 4 is 23.1 Å². The van der Waals surface area contributed by atoms with Crippen molar-refractivity contribution in [1.29, 1.82) is 0 Å². The number of hydrogen-bond donors (Lipinski definition) is 3. The molecule has 0 fully saturated rings. The average molecular weight is 657 g/mol. The lowest BCUT2D eigenvalue weighted by molar-refractivity contribution is -0.121. The lowest BCUT2D eigenvalue weighted by Crippen LogP contribution is -2.26. The van der Waals surface area contributed by atoms with Crippen molar-refractivity contribution in [3.05, 3.63) is 75.8 Å². The third-order valence-electron chi connectivity index (χ3n) is 8.60. The van der Waals surface area contributed by atoms with E-state index in [9.17, 15) is 14.4 Å². The molecule has 1 aliphatic rings. The van der Waals surface area contributed by atoms with Crippen LogP contribution in [0.3, 0.4) is 0 Å². The number of amides is 2. The summed E-state index contributed by atoms with van der Waals surface area (Å²) < 4.78 is 19.1. The van der Waals surface area contributed by atoms with E-state index in [0.29, 0.717) is 60.9 Å². The fraction of sp³-hybridized carbons (Fsp3) is 0.417. The molecule has 48 heavy (non-hydrogen) atoms. The number of benzene rings is 1. The molecule has 0 unspecified atom stereocenters. The molecule has 0 radical (unpaired) electrons. The van der Waals surface area contributed by atoms with Crippen LogP contribution in [0, 0.1) is 0 Å². The van der Waals surface area contributed by atoms with E-state index in [1.165, 1.54) is 6.92 Å². The smallest absolute Gasteiger partial charge is 0.219 e. The minimum absolute atomic E-state index is 0.0335. The van der Waals surface area contributed by atoms with Gasteiger partial charge in [-0.2, -0.15) is 0 Å². The van der Waals surface area contributed by atoms with E-state index in [1.807, 2.05) is 40.9 Å². The van der Waals surface area contributed by atoms with Gasteiger partial charge in [0, 0.05) is 44.6 Å². The normalized spacial score (nSPS) is 13.5. The number of nitrogens with zero attached hydrogens (tertiary/aromatic N) is 3. The molecule has 2 heterocycles. The molecule has 12 heteroatoms. The predicted octanol–water partition coefficient (Wildman–Crippen LogP) is 4.63. The molecule has 2 aromatic carbocycles. The number of ether oxygens (including phenoxy) is 3. The van der Waals surface area contributed by atoms with E-state index < -0.39 is 0 Å². The van der Waals surface area contributed by atoms with Gasteiger partial charge in [0.05, 0.1) is 33.1 Å². The Morgan fingerprint density at radius 2 is 1.77 bits per heavy atom. The third-order valence-corrected chi connectivity index (χ3v) is 8.60. The number of rotatable bonds is 15. The number of methoxy groups -OCH3 is 3. The molecular formula is C36H44N6O6. The molecule has 4 aromatic rings. The number of aromatic nitrogens is 3. The maximum absolute atomic E-state index is 13.5. The highest BCUT2D eigenvalue weighted by molar-refractivity contribution is 5.83. The van der Waals surface area contributed by atoms with Gasteiger partial charge in [-0.05, 0) is 79.1 Å². The SMILES string of the molecule is COc1cc2c(c(OC)c1OC)-c1ccc(NCCCCCC(=O)NCCCc3nnc4ccccn34)c(=O)cc1[C@@H](NC(C)=O)CC2. The van der Waals surface area contributed by atoms with Gasteiger partial charge in [-0.15, -0.1) is 10.2 Å². The molecule has 254 valence electrons. The first-order valence-corrected chi connectivity index (χ1v) is 16.4. The van der Waals surface area contributed by atoms with Crippen molar-refractivity contribution in [1.82, 2.24) is 25.2 Å². The first-order chi connectivity index (χ1) is 23.3. The van der Waals surface area contributed by atoms with E-state index in [1.54, 1.807) is 33.5 Å². The number of aryl methyl sites for hydroxylation is 2. The van der Waals surface area contributed by atoms with Crippen LogP contribution in [-0.2, 0) is 22.4 Å². The molecule has 0 saturated carbocycles. The first-order valence-electron chi connectivity index (χ1n) is 16.4. The fourth-order valence-electron chi connectivity index (χ4n) is 6.29. The second kappa shape index (κ2) is 16.1. The Balaban J connectivity index is 1.18. The van der Waals surface area contributed by atoms with Crippen LogP contribution in [0.4, 0.5) is 5.69 Å². The summed E-state index contributed by atoms with van der Waals surface area (Å²) in [6.07, 6.45) is 7.53. The van der Waals surface area contributed by atoms with Crippen LogP contribution in [-0.4, -0.2) is 60.8 Å². The number of pyridine rings is 1. The molecule has 0 saturated heterocycles. The lowest BCUT2D eigenvalue weighted by atomic mass is 9.95. The van der Waals surface area contributed by atoms with E-state index in [4.69, 9.17) is 14.2 Å². The maximum Gasteiger partial charge on any atom is 0.219 e. The Morgan fingerprint density at radius 1 is 0.938 bits per heavy atom. The van der Waals surface area contributed by atoms with Crippen LogP contribution in [0.1, 0.15) is 68.4 Å². The molecule has 1 atom stereocenters. The number of hydrogen-bond acceptors (Lipinski definition) is 9. The maximum atomic E-state index is 13.5. The van der Waals surface area contributed by atoms with Crippen LogP contribution in [0.15, 0.2) is 53.5 Å². The van der Waals surface area contributed by atoms with Crippen molar-refractivity contribution in [2.24, 2.45) is 0 Å². The van der Waals surface area contributed by atoms with Gasteiger partial charge in [-0.1, -0.05) is 18.6 Å². The molecule has 0 aliphatic heterocycles. The Labute approximate surface area is 280 Å². The molecule has 0 spiro atoms. The highest BCUT2D eigenvalue weighted by atomic mass is 16.5. The van der Waals surface area contributed by atoms with E-state index in [0.717, 1.165) is 60.3 Å². The zero-order valence-electron chi connectivity index (χ0n) is 28.1. The van der Waals surface area contributed by atoms with E-state index in [-0.39, 0.29) is 23.3 Å². The van der Waals surface area contributed by atoms with Crippen molar-refractivity contribution in [3.8, 4) is 28.4 Å². The van der Waals surface area contributed by atoms with Gasteiger partial charge >= 0.3 is 0 Å². The Hall–Kier alpha value is -5.13. The number of anilines is 1. The van der Waals surface area contributed by atoms with E-state index in [2.05, 4.69) is 26.1 Å². The van der Waals surface area contributed by atoms with Gasteiger partial charge in [-0.3, -0.25) is 18.8 Å². The Kier molecular flexibility index (Phi) is 11.5. The Morgan fingerprint density at radius 3 is 2.54 bits per heavy atom. The zero-order chi connectivity index (χ0) is 34.0. The summed E-state index contributed by atoms with van der Waals surface area (Å²) in [4.78, 5) is 38.0. The third kappa shape index (κ3) is 7.87. The number of unbranched alkanes of at least 4 members (excludes halogenated alkanes) is 2. The Bertz CT molecular complexity index is 1820. The summed E-state index contributed by atoms with van der Waals surface area (Å²) in [5.74, 6) is 2.27. The second-order valence-corrected chi connectivity index (χ2v) is 11.8. The molecule has 5 rings (SSSR count). The highest BCUT2D eigenvalue weighted by Gasteiger charge is 2.29. The minimum atomic E-state index is -0.367. The molecule has 1 aliphatic carbocycles. The molecule has 0 bridgehead atoms. The molecular weight excluding hydrogens is 612 g/mol. The van der Waals surface area contributed by atoms with Gasteiger partial charge in [0.2, 0.25) is 23.0 Å². The van der Waals surface area contributed by atoms with Crippen LogP contribution < -0.4 is 35.6 Å². The fourth-order valence-corrected chi connectivity index (χ4v) is 6.29. The second-order valence-electron chi connectivity index (χ2n) is 11.8. The van der Waals surface area contributed by atoms with Crippen molar-refractivity contribution in [2.75, 3.05) is 39.7 Å². The molecule has 2 aromatic heterocycles. The van der Waals surface area contributed by atoms with Gasteiger partial charge in [-0.25, -0.2) is 0 Å². The number of carbonyl (C=O) groups is 2. The van der Waals surface area contributed by atoms with Crippen LogP contribution in [0.25, 0.3) is 16.8 Å². The van der Waals surface area contributed by atoms with Crippen LogP contribution >= 0.6 is 0 Å². The first kappa shape index (κ1) is 34.2. The van der Waals surface area contributed by atoms with Gasteiger partial charge < -0.3 is 30.2 Å². The molecule has 12 nitrogen and oxygen atoms in total. The standard InChI is InChI=1S/C36H44N6O6/c1-23(43)39-27-16-14-24-21-30(46-2)35(47-3)36(48-4)34(24)25-15-17-28(29(44)22-26(25)27)37-18-8-5-6-13-33(45)38-19-10-12-32-41-40-31-11-7-9-20-42(31)32/h7,9,11,15,17,20-22,27H,5-6,8,10,12-14,16,18-19H2,1-4H3,(H,37,44)(H,38,45)(H,39,43)/t27-/m0/s1. The minimum Gasteiger partial charge on any atom is -0.493 e. The van der Waals surface area contributed by atoms with E-state index >= 15 is 0 Å². The van der Waals surface area contributed by atoms with Crippen molar-refractivity contribution < 1.29 is 23.8 Å². The van der Waals surface area contributed by atoms with Crippen molar-refractivity contribution in [3.63, 3.8) is 0 Å². The summed E-state index contributed by atoms with van der Waals surface area (Å²) in [7, 11) is 4.72. The van der Waals surface area contributed by atoms with Gasteiger partial charge in [0.15, 0.2) is 17.1 Å². The van der Waals surface area contributed by atoms with Gasteiger partial charge in [0.1, 0.15) is 5.82 Å². The monoisotopic (exact) mass is 656 g/mol. The number of nitrogens with one attached hydrogen (secondary N) is 3. The van der Waals surface area contributed by atoms with Gasteiger partial charge in [0.25, 0.3) is 0 Å². The average Bonchev–Trinajstić information content (AvgIpc) is 3.35. The summed E-state index contributed by atoms with van der Waals surface area (Å²) >= 11 is 0. The molecule has 2 amide bonds. The van der Waals surface area contributed by atoms with Crippen LogP contribution in [0.5, 0.6) is 17.2 Å². The predicted molar refractivity (Wildman–Crippen MR) is 184 cm³/mol. The number of fused-ring (bicyclic) bond motifs is 4. The van der Waals surface area contributed by atoms with Crippen molar-refractivity contribution in [2.45, 2.75) is 64.3 Å². The lowest BCUT2D eigenvalue weighted by Gasteiger charge is -2.19. The summed E-state index contributed by atoms with van der Waals surface area (Å²) in [5.41, 5.74) is 4.39. The molecule has 3 N–H and O–H groups in total.